The molecule has 0 fully saturated rings. The summed E-state index contributed by atoms with van der Waals surface area (Å²) in [6, 6.07) is 15.2. The van der Waals surface area contributed by atoms with Crippen LogP contribution in [0.15, 0.2) is 71.6 Å². The molecule has 4 nitrogen and oxygen atoms in total. The Bertz CT molecular complexity index is 991. The summed E-state index contributed by atoms with van der Waals surface area (Å²) in [7, 11) is 0. The Balaban J connectivity index is 0.00000261. The van der Waals surface area contributed by atoms with Crippen molar-refractivity contribution in [2.24, 2.45) is 4.99 Å². The molecule has 1 N–H and O–H groups in total. The van der Waals surface area contributed by atoms with Crippen molar-refractivity contribution >= 4 is 57.2 Å². The number of rotatable bonds is 5. The van der Waals surface area contributed by atoms with Crippen LogP contribution in [0.2, 0.25) is 5.02 Å². The van der Waals surface area contributed by atoms with Crippen LogP contribution in [0, 0.1) is 0 Å². The first-order valence-corrected chi connectivity index (χ1v) is 9.30. The van der Waals surface area contributed by atoms with Crippen LogP contribution in [-0.2, 0) is 11.3 Å². The van der Waals surface area contributed by atoms with Gasteiger partial charge in [0.15, 0.2) is 4.80 Å². The van der Waals surface area contributed by atoms with E-state index in [2.05, 4.69) is 21.8 Å². The SMILES string of the molecule is Br.C=CCn1c(-c2ccc(Cl)cc2)csc1=Nc1ccc(NC(C)=O)cc1. The van der Waals surface area contributed by atoms with Crippen molar-refractivity contribution in [2.75, 3.05) is 5.32 Å². The fraction of sp³-hybridized carbons (Fsp3) is 0.100. The minimum atomic E-state index is -0.0932. The van der Waals surface area contributed by atoms with Crippen molar-refractivity contribution in [3.8, 4) is 11.3 Å². The predicted octanol–water partition coefficient (Wildman–Crippen LogP) is 5.82. The van der Waals surface area contributed by atoms with Gasteiger partial charge in [-0.3, -0.25) is 4.79 Å². The van der Waals surface area contributed by atoms with Crippen LogP contribution in [-0.4, -0.2) is 10.5 Å². The Hall–Kier alpha value is -2.15. The molecule has 0 atom stereocenters. The largest absolute Gasteiger partial charge is 0.326 e. The van der Waals surface area contributed by atoms with E-state index >= 15 is 0 Å². The molecule has 0 spiro atoms. The second kappa shape index (κ2) is 9.69. The van der Waals surface area contributed by atoms with Crippen molar-refractivity contribution in [2.45, 2.75) is 13.5 Å². The van der Waals surface area contributed by atoms with Crippen LogP contribution in [0.25, 0.3) is 11.3 Å². The number of carbonyl (C=O) groups excluding carboxylic acids is 1. The first-order valence-electron chi connectivity index (χ1n) is 8.04. The van der Waals surface area contributed by atoms with Gasteiger partial charge < -0.3 is 9.88 Å². The van der Waals surface area contributed by atoms with Crippen LogP contribution in [0.3, 0.4) is 0 Å². The van der Waals surface area contributed by atoms with Crippen molar-refractivity contribution in [1.29, 1.82) is 0 Å². The Kier molecular flexibility index (Phi) is 7.59. The van der Waals surface area contributed by atoms with E-state index in [0.29, 0.717) is 11.6 Å². The molecule has 140 valence electrons. The average Bonchev–Trinajstić information content (AvgIpc) is 3.00. The van der Waals surface area contributed by atoms with E-state index in [-0.39, 0.29) is 22.9 Å². The topological polar surface area (TPSA) is 46.4 Å². The molecule has 0 radical (unpaired) electrons. The maximum absolute atomic E-state index is 11.1. The maximum atomic E-state index is 11.1. The van der Waals surface area contributed by atoms with Gasteiger partial charge in [0, 0.05) is 29.6 Å². The summed E-state index contributed by atoms with van der Waals surface area (Å²) in [6.45, 7) is 6.00. The molecular formula is C20H19BrClN3OS. The number of aromatic nitrogens is 1. The molecule has 2 aromatic carbocycles. The Morgan fingerprint density at radius 1 is 1.22 bits per heavy atom. The van der Waals surface area contributed by atoms with Crippen molar-refractivity contribution < 1.29 is 4.79 Å². The molecule has 1 amide bonds. The lowest BCUT2D eigenvalue weighted by Gasteiger charge is -2.07. The summed E-state index contributed by atoms with van der Waals surface area (Å²) in [5.74, 6) is -0.0932. The minimum Gasteiger partial charge on any atom is -0.326 e. The number of anilines is 1. The molecule has 0 saturated carbocycles. The molecule has 0 saturated heterocycles. The normalized spacial score (nSPS) is 11.0. The predicted molar refractivity (Wildman–Crippen MR) is 119 cm³/mol. The molecule has 1 heterocycles. The van der Waals surface area contributed by atoms with E-state index in [1.165, 1.54) is 6.92 Å². The molecule has 0 bridgehead atoms. The number of nitrogens with zero attached hydrogens (tertiary/aromatic N) is 2. The lowest BCUT2D eigenvalue weighted by atomic mass is 10.2. The van der Waals surface area contributed by atoms with E-state index in [4.69, 9.17) is 16.6 Å². The fourth-order valence-electron chi connectivity index (χ4n) is 2.51. The third-order valence-corrected chi connectivity index (χ3v) is 4.78. The highest BCUT2D eigenvalue weighted by molar-refractivity contribution is 8.93. The van der Waals surface area contributed by atoms with Gasteiger partial charge in [0.05, 0.1) is 11.4 Å². The van der Waals surface area contributed by atoms with Crippen molar-refractivity contribution in [3.05, 3.63) is 76.4 Å². The van der Waals surface area contributed by atoms with E-state index in [1.807, 2.05) is 54.6 Å². The number of benzene rings is 2. The zero-order chi connectivity index (χ0) is 18.5. The molecular weight excluding hydrogens is 446 g/mol. The standard InChI is InChI=1S/C20H18ClN3OS.BrH/c1-3-12-24-19(15-4-6-16(21)7-5-15)13-26-20(24)23-18-10-8-17(9-11-18)22-14(2)25;/h3-11,13H,1,12H2,2H3,(H,22,25);1H. The molecule has 0 aliphatic rings. The number of hydrogen-bond acceptors (Lipinski definition) is 3. The van der Waals surface area contributed by atoms with E-state index < -0.39 is 0 Å². The van der Waals surface area contributed by atoms with Gasteiger partial charge in [-0.05, 0) is 42.0 Å². The summed E-state index contributed by atoms with van der Waals surface area (Å²) in [5, 5.41) is 5.54. The first kappa shape index (κ1) is 21.2. The Morgan fingerprint density at radius 2 is 1.89 bits per heavy atom. The highest BCUT2D eigenvalue weighted by atomic mass is 79.9. The second-order valence-corrected chi connectivity index (χ2v) is 6.92. The van der Waals surface area contributed by atoms with Crippen LogP contribution in [0.1, 0.15) is 6.92 Å². The van der Waals surface area contributed by atoms with Gasteiger partial charge in [-0.1, -0.05) is 29.8 Å². The van der Waals surface area contributed by atoms with Gasteiger partial charge in [0.2, 0.25) is 5.91 Å². The van der Waals surface area contributed by atoms with Crippen molar-refractivity contribution in [3.63, 3.8) is 0 Å². The van der Waals surface area contributed by atoms with E-state index in [0.717, 1.165) is 27.4 Å². The monoisotopic (exact) mass is 463 g/mol. The second-order valence-electron chi connectivity index (χ2n) is 5.65. The Morgan fingerprint density at radius 3 is 2.48 bits per heavy atom. The minimum absolute atomic E-state index is 0. The summed E-state index contributed by atoms with van der Waals surface area (Å²) in [6.07, 6.45) is 1.85. The molecule has 3 aromatic rings. The van der Waals surface area contributed by atoms with Crippen LogP contribution in [0.5, 0.6) is 0 Å². The number of halogens is 2. The summed E-state index contributed by atoms with van der Waals surface area (Å²) in [4.78, 5) is 16.7. The van der Waals surface area contributed by atoms with Crippen molar-refractivity contribution in [1.82, 2.24) is 4.57 Å². The van der Waals surface area contributed by atoms with Gasteiger partial charge in [0.1, 0.15) is 0 Å². The summed E-state index contributed by atoms with van der Waals surface area (Å²) >= 11 is 7.56. The number of amides is 1. The maximum Gasteiger partial charge on any atom is 0.221 e. The lowest BCUT2D eigenvalue weighted by Crippen LogP contribution is -2.14. The average molecular weight is 465 g/mol. The first-order chi connectivity index (χ1) is 12.6. The number of thiazole rings is 1. The summed E-state index contributed by atoms with van der Waals surface area (Å²) < 4.78 is 2.11. The van der Waals surface area contributed by atoms with Gasteiger partial charge in [-0.2, -0.15) is 0 Å². The molecule has 7 heteroatoms. The highest BCUT2D eigenvalue weighted by Crippen LogP contribution is 2.23. The van der Waals surface area contributed by atoms with Gasteiger partial charge in [-0.15, -0.1) is 34.9 Å². The van der Waals surface area contributed by atoms with Crippen LogP contribution in [0.4, 0.5) is 11.4 Å². The number of hydrogen-bond donors (Lipinski definition) is 1. The van der Waals surface area contributed by atoms with Gasteiger partial charge >= 0.3 is 0 Å². The molecule has 27 heavy (non-hydrogen) atoms. The van der Waals surface area contributed by atoms with Gasteiger partial charge in [0.25, 0.3) is 0 Å². The van der Waals surface area contributed by atoms with Gasteiger partial charge in [-0.25, -0.2) is 4.99 Å². The van der Waals surface area contributed by atoms with Crippen LogP contribution >= 0.6 is 39.9 Å². The number of nitrogens with one attached hydrogen (secondary N) is 1. The third kappa shape index (κ3) is 5.42. The van der Waals surface area contributed by atoms with E-state index in [1.54, 1.807) is 11.3 Å². The number of carbonyl (C=O) groups is 1. The summed E-state index contributed by atoms with van der Waals surface area (Å²) in [5.41, 5.74) is 3.72. The smallest absolute Gasteiger partial charge is 0.221 e. The zero-order valence-corrected chi connectivity index (χ0v) is 18.0. The fourth-order valence-corrected chi connectivity index (χ4v) is 3.57. The Labute approximate surface area is 177 Å². The third-order valence-electron chi connectivity index (χ3n) is 3.66. The number of allylic oxidation sites excluding steroid dienone is 1. The van der Waals surface area contributed by atoms with Crippen LogP contribution < -0.4 is 10.1 Å². The quantitative estimate of drug-likeness (QED) is 0.475. The lowest BCUT2D eigenvalue weighted by molar-refractivity contribution is -0.114. The molecule has 3 rings (SSSR count). The molecule has 0 unspecified atom stereocenters. The van der Waals surface area contributed by atoms with E-state index in [9.17, 15) is 4.79 Å². The molecule has 1 aromatic heterocycles. The molecule has 0 aliphatic carbocycles. The zero-order valence-electron chi connectivity index (χ0n) is 14.7. The molecule has 0 aliphatic heterocycles. The highest BCUT2D eigenvalue weighted by Gasteiger charge is 2.07.